The van der Waals surface area contributed by atoms with E-state index in [1.165, 1.54) is 25.1 Å². The van der Waals surface area contributed by atoms with Crippen LogP contribution in [0.25, 0.3) is 0 Å². The van der Waals surface area contributed by atoms with Gasteiger partial charge in [0.25, 0.3) is 0 Å². The Morgan fingerprint density at radius 3 is 2.76 bits per heavy atom. The third-order valence-corrected chi connectivity index (χ3v) is 2.26. The van der Waals surface area contributed by atoms with Crippen LogP contribution in [0.5, 0.6) is 5.75 Å². The lowest BCUT2D eigenvalue weighted by Crippen LogP contribution is -2.16. The maximum Gasteiger partial charge on any atom is 0.312 e. The first kappa shape index (κ1) is 13.4. The molecule has 1 atom stereocenters. The summed E-state index contributed by atoms with van der Waals surface area (Å²) in [5, 5.41) is 11.0. The molecule has 0 bridgehead atoms. The number of benzene rings is 1. The number of ketones is 1. The van der Waals surface area contributed by atoms with Crippen molar-refractivity contribution in [2.75, 3.05) is 0 Å². The summed E-state index contributed by atoms with van der Waals surface area (Å²) >= 11 is 5.67. The first-order chi connectivity index (χ1) is 7.90. The molecule has 0 amide bonds. The Hall–Kier alpha value is -1.62. The summed E-state index contributed by atoms with van der Waals surface area (Å²) < 4.78 is 5.35. The zero-order valence-electron chi connectivity index (χ0n) is 9.47. The number of ether oxygens (including phenoxy) is 1. The van der Waals surface area contributed by atoms with Crippen molar-refractivity contribution in [3.8, 4) is 5.75 Å². The molecule has 1 aromatic carbocycles. The standard InChI is InChI=1S/C11H12ClNO4/c1-7(14)5-8(2)17-11-4-3-9(12)6-10(11)13(15)16/h3-4,6,8H,5H2,1-2H3. The molecule has 0 saturated carbocycles. The van der Waals surface area contributed by atoms with Gasteiger partial charge in [0.15, 0.2) is 5.75 Å². The summed E-state index contributed by atoms with van der Waals surface area (Å²) in [5.41, 5.74) is -0.201. The fourth-order valence-corrected chi connectivity index (χ4v) is 1.56. The first-order valence-corrected chi connectivity index (χ1v) is 5.38. The zero-order valence-corrected chi connectivity index (χ0v) is 10.2. The highest BCUT2D eigenvalue weighted by Gasteiger charge is 2.18. The Morgan fingerprint density at radius 1 is 1.59 bits per heavy atom. The smallest absolute Gasteiger partial charge is 0.312 e. The topological polar surface area (TPSA) is 69.4 Å². The highest BCUT2D eigenvalue weighted by molar-refractivity contribution is 6.30. The van der Waals surface area contributed by atoms with Gasteiger partial charge in [0.05, 0.1) is 4.92 Å². The Kier molecular flexibility index (Phi) is 4.45. The van der Waals surface area contributed by atoms with E-state index in [9.17, 15) is 14.9 Å². The molecule has 92 valence electrons. The summed E-state index contributed by atoms with van der Waals surface area (Å²) in [7, 11) is 0. The number of nitro benzene ring substituents is 1. The fraction of sp³-hybridized carbons (Fsp3) is 0.364. The summed E-state index contributed by atoms with van der Waals surface area (Å²) in [6.45, 7) is 3.12. The van der Waals surface area contributed by atoms with Crippen LogP contribution in [0.3, 0.4) is 0 Å². The van der Waals surface area contributed by atoms with Gasteiger partial charge in [0.1, 0.15) is 11.9 Å². The Labute approximate surface area is 103 Å². The molecule has 17 heavy (non-hydrogen) atoms. The van der Waals surface area contributed by atoms with Crippen LogP contribution in [0.15, 0.2) is 18.2 Å². The van der Waals surface area contributed by atoms with Crippen LogP contribution in [0.2, 0.25) is 5.02 Å². The van der Waals surface area contributed by atoms with Gasteiger partial charge in [-0.2, -0.15) is 0 Å². The van der Waals surface area contributed by atoms with E-state index in [4.69, 9.17) is 16.3 Å². The van der Waals surface area contributed by atoms with E-state index in [1.807, 2.05) is 0 Å². The van der Waals surface area contributed by atoms with Crippen LogP contribution >= 0.6 is 11.6 Å². The fourth-order valence-electron chi connectivity index (χ4n) is 1.40. The first-order valence-electron chi connectivity index (χ1n) is 5.00. The Balaban J connectivity index is 2.90. The van der Waals surface area contributed by atoms with Crippen LogP contribution in [-0.2, 0) is 4.79 Å². The minimum absolute atomic E-state index is 0.0332. The molecule has 0 aliphatic carbocycles. The molecule has 5 nitrogen and oxygen atoms in total. The molecule has 6 heteroatoms. The molecule has 0 aliphatic heterocycles. The largest absolute Gasteiger partial charge is 0.483 e. The minimum Gasteiger partial charge on any atom is -0.483 e. The number of nitro groups is 1. The second kappa shape index (κ2) is 5.63. The molecule has 0 saturated heterocycles. The van der Waals surface area contributed by atoms with Crippen molar-refractivity contribution in [2.45, 2.75) is 26.4 Å². The summed E-state index contributed by atoms with van der Waals surface area (Å²) in [6, 6.07) is 4.15. The highest BCUT2D eigenvalue weighted by Crippen LogP contribution is 2.30. The molecule has 0 spiro atoms. The van der Waals surface area contributed by atoms with Gasteiger partial charge in [-0.05, 0) is 26.0 Å². The number of rotatable bonds is 5. The quantitative estimate of drug-likeness (QED) is 0.601. The molecular formula is C11H12ClNO4. The van der Waals surface area contributed by atoms with Gasteiger partial charge < -0.3 is 4.74 Å². The minimum atomic E-state index is -0.568. The number of hydrogen-bond acceptors (Lipinski definition) is 4. The molecule has 0 radical (unpaired) electrons. The summed E-state index contributed by atoms with van der Waals surface area (Å²) in [5.74, 6) is 0.0854. The molecule has 0 fully saturated rings. The van der Waals surface area contributed by atoms with Crippen molar-refractivity contribution in [1.82, 2.24) is 0 Å². The van der Waals surface area contributed by atoms with Crippen molar-refractivity contribution in [3.05, 3.63) is 33.3 Å². The Bertz CT molecular complexity index is 447. The number of nitrogens with zero attached hydrogens (tertiary/aromatic N) is 1. The maximum atomic E-state index is 10.9. The third-order valence-electron chi connectivity index (χ3n) is 2.02. The van der Waals surface area contributed by atoms with Crippen molar-refractivity contribution in [3.63, 3.8) is 0 Å². The lowest BCUT2D eigenvalue weighted by molar-refractivity contribution is -0.386. The summed E-state index contributed by atoms with van der Waals surface area (Å²) in [6.07, 6.45) is -0.202. The van der Waals surface area contributed by atoms with Crippen LogP contribution < -0.4 is 4.74 Å². The van der Waals surface area contributed by atoms with Crippen molar-refractivity contribution >= 4 is 23.1 Å². The zero-order chi connectivity index (χ0) is 13.0. The summed E-state index contributed by atoms with van der Waals surface area (Å²) in [4.78, 5) is 21.1. The second-order valence-corrected chi connectivity index (χ2v) is 4.14. The molecule has 0 N–H and O–H groups in total. The van der Waals surface area contributed by atoms with E-state index in [1.54, 1.807) is 6.92 Å². The number of carbonyl (C=O) groups is 1. The van der Waals surface area contributed by atoms with Gasteiger partial charge in [-0.1, -0.05) is 11.6 Å². The highest BCUT2D eigenvalue weighted by atomic mass is 35.5. The van der Waals surface area contributed by atoms with Gasteiger partial charge in [-0.15, -0.1) is 0 Å². The van der Waals surface area contributed by atoms with Crippen LogP contribution in [0.4, 0.5) is 5.69 Å². The predicted octanol–water partition coefficient (Wildman–Crippen LogP) is 2.99. The normalized spacial score (nSPS) is 11.9. The van der Waals surface area contributed by atoms with Crippen molar-refractivity contribution in [1.29, 1.82) is 0 Å². The average molecular weight is 258 g/mol. The number of Topliss-reactive ketones (excluding diaryl/α,β-unsaturated/α-hetero) is 1. The van der Waals surface area contributed by atoms with E-state index < -0.39 is 11.0 Å². The van der Waals surface area contributed by atoms with Gasteiger partial charge in [0, 0.05) is 17.5 Å². The van der Waals surface area contributed by atoms with E-state index in [0.717, 1.165) is 0 Å². The maximum absolute atomic E-state index is 10.9. The lowest BCUT2D eigenvalue weighted by atomic mass is 10.2. The molecule has 1 rings (SSSR count). The Morgan fingerprint density at radius 2 is 2.24 bits per heavy atom. The number of halogens is 1. The van der Waals surface area contributed by atoms with E-state index >= 15 is 0 Å². The van der Waals surface area contributed by atoms with Gasteiger partial charge in [-0.25, -0.2) is 0 Å². The SMILES string of the molecule is CC(=O)CC(C)Oc1ccc(Cl)cc1[N+](=O)[O-]. The molecule has 0 aliphatic rings. The second-order valence-electron chi connectivity index (χ2n) is 3.70. The molecule has 1 aromatic rings. The third kappa shape index (κ3) is 4.03. The molecule has 0 heterocycles. The average Bonchev–Trinajstić information content (AvgIpc) is 2.19. The van der Waals surface area contributed by atoms with Crippen LogP contribution in [0, 0.1) is 10.1 Å². The van der Waals surface area contributed by atoms with E-state index in [-0.39, 0.29) is 28.7 Å². The van der Waals surface area contributed by atoms with E-state index in [0.29, 0.717) is 0 Å². The van der Waals surface area contributed by atoms with Crippen molar-refractivity contribution in [2.24, 2.45) is 0 Å². The van der Waals surface area contributed by atoms with Crippen LogP contribution in [-0.4, -0.2) is 16.8 Å². The lowest BCUT2D eigenvalue weighted by Gasteiger charge is -2.13. The van der Waals surface area contributed by atoms with Gasteiger partial charge in [-0.3, -0.25) is 14.9 Å². The van der Waals surface area contributed by atoms with Crippen LogP contribution in [0.1, 0.15) is 20.3 Å². The molecule has 1 unspecified atom stereocenters. The number of hydrogen-bond donors (Lipinski definition) is 0. The monoisotopic (exact) mass is 257 g/mol. The van der Waals surface area contributed by atoms with E-state index in [2.05, 4.69) is 0 Å². The van der Waals surface area contributed by atoms with Gasteiger partial charge >= 0.3 is 5.69 Å². The molecular weight excluding hydrogens is 246 g/mol. The predicted molar refractivity (Wildman–Crippen MR) is 63.5 cm³/mol. The molecule has 0 aromatic heterocycles. The van der Waals surface area contributed by atoms with Crippen molar-refractivity contribution < 1.29 is 14.5 Å². The van der Waals surface area contributed by atoms with Gasteiger partial charge in [0.2, 0.25) is 0 Å². The number of carbonyl (C=O) groups excluding carboxylic acids is 1.